The summed E-state index contributed by atoms with van der Waals surface area (Å²) in [7, 11) is 0. The van der Waals surface area contributed by atoms with Crippen LogP contribution in [0.3, 0.4) is 0 Å². The minimum Gasteiger partial charge on any atom is -0.337 e. The highest BCUT2D eigenvalue weighted by atomic mass is 16.2. The number of piperazine rings is 1. The molecular weight excluding hydrogens is 164 g/mol. The molecule has 0 aliphatic carbocycles. The van der Waals surface area contributed by atoms with Crippen molar-refractivity contribution in [2.24, 2.45) is 5.92 Å². The van der Waals surface area contributed by atoms with Gasteiger partial charge in [-0.3, -0.25) is 4.79 Å². The SMILES string of the molecule is CC(C)C(=O)N1CCNC(C)C1C. The van der Waals surface area contributed by atoms with Crippen LogP contribution in [0.4, 0.5) is 0 Å². The van der Waals surface area contributed by atoms with Gasteiger partial charge < -0.3 is 10.2 Å². The molecule has 1 aliphatic heterocycles. The predicted molar refractivity (Wildman–Crippen MR) is 53.5 cm³/mol. The van der Waals surface area contributed by atoms with Gasteiger partial charge in [-0.2, -0.15) is 0 Å². The van der Waals surface area contributed by atoms with E-state index >= 15 is 0 Å². The summed E-state index contributed by atoms with van der Waals surface area (Å²) >= 11 is 0. The van der Waals surface area contributed by atoms with Crippen LogP contribution in [0.2, 0.25) is 0 Å². The van der Waals surface area contributed by atoms with Gasteiger partial charge >= 0.3 is 0 Å². The van der Waals surface area contributed by atoms with Gasteiger partial charge in [0, 0.05) is 31.1 Å². The summed E-state index contributed by atoms with van der Waals surface area (Å²) < 4.78 is 0. The van der Waals surface area contributed by atoms with Gasteiger partial charge in [-0.25, -0.2) is 0 Å². The number of hydrogen-bond donors (Lipinski definition) is 1. The van der Waals surface area contributed by atoms with Crippen molar-refractivity contribution >= 4 is 5.91 Å². The molecule has 1 N–H and O–H groups in total. The third-order valence-corrected chi connectivity index (χ3v) is 2.81. The summed E-state index contributed by atoms with van der Waals surface area (Å²) in [5.41, 5.74) is 0. The van der Waals surface area contributed by atoms with Crippen LogP contribution < -0.4 is 5.32 Å². The Balaban J connectivity index is 2.62. The molecule has 0 radical (unpaired) electrons. The van der Waals surface area contributed by atoms with Crippen molar-refractivity contribution in [1.82, 2.24) is 10.2 Å². The molecule has 3 nitrogen and oxygen atoms in total. The lowest BCUT2D eigenvalue weighted by Crippen LogP contribution is -2.58. The first-order chi connectivity index (χ1) is 6.04. The van der Waals surface area contributed by atoms with Crippen molar-refractivity contribution in [2.45, 2.75) is 39.8 Å². The standard InChI is InChI=1S/C10H20N2O/c1-7(2)10(13)12-6-5-11-8(3)9(12)4/h7-9,11H,5-6H2,1-4H3. The number of carbonyl (C=O) groups is 1. The topological polar surface area (TPSA) is 32.3 Å². The average molecular weight is 184 g/mol. The molecular formula is C10H20N2O. The fraction of sp³-hybridized carbons (Fsp3) is 0.900. The smallest absolute Gasteiger partial charge is 0.225 e. The van der Waals surface area contributed by atoms with E-state index in [9.17, 15) is 4.79 Å². The minimum atomic E-state index is 0.118. The van der Waals surface area contributed by atoms with Gasteiger partial charge in [0.05, 0.1) is 0 Å². The van der Waals surface area contributed by atoms with Crippen molar-refractivity contribution < 1.29 is 4.79 Å². The quantitative estimate of drug-likeness (QED) is 0.655. The molecule has 1 saturated heterocycles. The van der Waals surface area contributed by atoms with Crippen LogP contribution in [0.1, 0.15) is 27.7 Å². The molecule has 0 spiro atoms. The molecule has 1 amide bonds. The van der Waals surface area contributed by atoms with E-state index in [0.717, 1.165) is 13.1 Å². The molecule has 76 valence electrons. The lowest BCUT2D eigenvalue weighted by atomic mass is 10.0. The number of rotatable bonds is 1. The zero-order valence-electron chi connectivity index (χ0n) is 9.00. The second-order valence-corrected chi connectivity index (χ2v) is 4.17. The third-order valence-electron chi connectivity index (χ3n) is 2.81. The van der Waals surface area contributed by atoms with Crippen LogP contribution in [-0.2, 0) is 4.79 Å². The number of carbonyl (C=O) groups excluding carboxylic acids is 1. The Morgan fingerprint density at radius 1 is 1.46 bits per heavy atom. The van der Waals surface area contributed by atoms with E-state index in [0.29, 0.717) is 12.1 Å². The maximum absolute atomic E-state index is 11.8. The Bertz CT molecular complexity index is 191. The third kappa shape index (κ3) is 2.21. The van der Waals surface area contributed by atoms with E-state index in [1.54, 1.807) is 0 Å². The molecule has 1 aliphatic rings. The van der Waals surface area contributed by atoms with Gasteiger partial charge in [0.1, 0.15) is 0 Å². The Hall–Kier alpha value is -0.570. The second-order valence-electron chi connectivity index (χ2n) is 4.17. The van der Waals surface area contributed by atoms with Gasteiger partial charge in [0.15, 0.2) is 0 Å². The minimum absolute atomic E-state index is 0.118. The second kappa shape index (κ2) is 4.09. The molecule has 1 rings (SSSR count). The van der Waals surface area contributed by atoms with Crippen LogP contribution in [0.5, 0.6) is 0 Å². The largest absolute Gasteiger partial charge is 0.337 e. The van der Waals surface area contributed by atoms with Crippen LogP contribution in [0.15, 0.2) is 0 Å². The van der Waals surface area contributed by atoms with Gasteiger partial charge in [-0.05, 0) is 13.8 Å². The molecule has 13 heavy (non-hydrogen) atoms. The Morgan fingerprint density at radius 2 is 2.08 bits per heavy atom. The molecule has 3 heteroatoms. The summed E-state index contributed by atoms with van der Waals surface area (Å²) in [6.07, 6.45) is 0. The van der Waals surface area contributed by atoms with E-state index < -0.39 is 0 Å². The van der Waals surface area contributed by atoms with E-state index in [1.165, 1.54) is 0 Å². The first-order valence-electron chi connectivity index (χ1n) is 5.08. The lowest BCUT2D eigenvalue weighted by molar-refractivity contribution is -0.138. The Kier molecular flexibility index (Phi) is 3.31. The van der Waals surface area contributed by atoms with Gasteiger partial charge in [-0.1, -0.05) is 13.8 Å². The normalized spacial score (nSPS) is 29.5. The summed E-state index contributed by atoms with van der Waals surface area (Å²) in [6.45, 7) is 9.93. The average Bonchev–Trinajstić information content (AvgIpc) is 2.08. The highest BCUT2D eigenvalue weighted by Gasteiger charge is 2.28. The number of nitrogens with zero attached hydrogens (tertiary/aromatic N) is 1. The molecule has 2 atom stereocenters. The van der Waals surface area contributed by atoms with Gasteiger partial charge in [0.2, 0.25) is 5.91 Å². The molecule has 2 unspecified atom stereocenters. The maximum atomic E-state index is 11.8. The fourth-order valence-corrected chi connectivity index (χ4v) is 1.70. The van der Waals surface area contributed by atoms with E-state index in [2.05, 4.69) is 19.2 Å². The van der Waals surface area contributed by atoms with E-state index in [-0.39, 0.29) is 11.8 Å². The molecule has 1 heterocycles. The Morgan fingerprint density at radius 3 is 2.62 bits per heavy atom. The van der Waals surface area contributed by atoms with Gasteiger partial charge in [-0.15, -0.1) is 0 Å². The van der Waals surface area contributed by atoms with Crippen LogP contribution in [0.25, 0.3) is 0 Å². The lowest BCUT2D eigenvalue weighted by Gasteiger charge is -2.39. The first kappa shape index (κ1) is 10.5. The van der Waals surface area contributed by atoms with Gasteiger partial charge in [0.25, 0.3) is 0 Å². The molecule has 1 fully saturated rings. The van der Waals surface area contributed by atoms with Crippen molar-refractivity contribution in [3.8, 4) is 0 Å². The van der Waals surface area contributed by atoms with Crippen LogP contribution in [0, 0.1) is 5.92 Å². The number of nitrogens with one attached hydrogen (secondary N) is 1. The van der Waals surface area contributed by atoms with Crippen molar-refractivity contribution in [3.05, 3.63) is 0 Å². The molecule has 0 saturated carbocycles. The predicted octanol–water partition coefficient (Wildman–Crippen LogP) is 0.851. The van der Waals surface area contributed by atoms with Crippen molar-refractivity contribution in [1.29, 1.82) is 0 Å². The molecule has 0 aromatic rings. The Labute approximate surface area is 80.5 Å². The van der Waals surface area contributed by atoms with Crippen LogP contribution >= 0.6 is 0 Å². The highest BCUT2D eigenvalue weighted by molar-refractivity contribution is 5.78. The zero-order valence-corrected chi connectivity index (χ0v) is 9.00. The molecule has 0 aromatic heterocycles. The van der Waals surface area contributed by atoms with E-state index in [1.807, 2.05) is 18.7 Å². The molecule has 0 aromatic carbocycles. The number of hydrogen-bond acceptors (Lipinski definition) is 2. The van der Waals surface area contributed by atoms with Crippen molar-refractivity contribution in [2.75, 3.05) is 13.1 Å². The monoisotopic (exact) mass is 184 g/mol. The van der Waals surface area contributed by atoms with Crippen molar-refractivity contribution in [3.63, 3.8) is 0 Å². The number of amides is 1. The first-order valence-corrected chi connectivity index (χ1v) is 5.08. The zero-order chi connectivity index (χ0) is 10.0. The molecule has 0 bridgehead atoms. The highest BCUT2D eigenvalue weighted by Crippen LogP contribution is 2.12. The summed E-state index contributed by atoms with van der Waals surface area (Å²) in [4.78, 5) is 13.7. The summed E-state index contributed by atoms with van der Waals surface area (Å²) in [6, 6.07) is 0.736. The maximum Gasteiger partial charge on any atom is 0.225 e. The van der Waals surface area contributed by atoms with E-state index in [4.69, 9.17) is 0 Å². The summed E-state index contributed by atoms with van der Waals surface area (Å²) in [5, 5.41) is 3.36. The van der Waals surface area contributed by atoms with Crippen LogP contribution in [-0.4, -0.2) is 36.0 Å². The summed E-state index contributed by atoms with van der Waals surface area (Å²) in [5.74, 6) is 0.397. The fourth-order valence-electron chi connectivity index (χ4n) is 1.70.